The van der Waals surface area contributed by atoms with Gasteiger partial charge in [-0.05, 0) is 32.9 Å². The van der Waals surface area contributed by atoms with Crippen LogP contribution in [0.25, 0.3) is 0 Å². The van der Waals surface area contributed by atoms with E-state index in [9.17, 15) is 8.42 Å². The van der Waals surface area contributed by atoms with Crippen LogP contribution in [0.2, 0.25) is 0 Å². The summed E-state index contributed by atoms with van der Waals surface area (Å²) in [6.45, 7) is 5.67. The second-order valence-electron chi connectivity index (χ2n) is 4.82. The van der Waals surface area contributed by atoms with Gasteiger partial charge < -0.3 is 4.42 Å². The van der Waals surface area contributed by atoms with Crippen molar-refractivity contribution in [1.82, 2.24) is 9.29 Å². The molecule has 1 aromatic heterocycles. The minimum Gasteiger partial charge on any atom is -0.444 e. The summed E-state index contributed by atoms with van der Waals surface area (Å²) >= 11 is 0. The Kier molecular flexibility index (Phi) is 3.96. The van der Waals surface area contributed by atoms with Gasteiger partial charge in [-0.3, -0.25) is 0 Å². The third kappa shape index (κ3) is 2.91. The largest absolute Gasteiger partial charge is 0.444 e. The third-order valence-electron chi connectivity index (χ3n) is 3.16. The maximum atomic E-state index is 12.4. The van der Waals surface area contributed by atoms with Crippen LogP contribution < -0.4 is 0 Å². The van der Waals surface area contributed by atoms with E-state index in [1.54, 1.807) is 31.2 Å². The second kappa shape index (κ2) is 5.38. The Labute approximate surface area is 119 Å². The summed E-state index contributed by atoms with van der Waals surface area (Å²) in [5.74, 6) is 1.11. The molecule has 0 spiro atoms. The quantitative estimate of drug-likeness (QED) is 0.868. The first-order valence-corrected chi connectivity index (χ1v) is 7.70. The molecule has 108 valence electrons. The number of nitrogens with zero attached hydrogens (tertiary/aromatic N) is 2. The number of hydrogen-bond acceptors (Lipinski definition) is 4. The molecule has 0 aliphatic carbocycles. The zero-order valence-electron chi connectivity index (χ0n) is 12.0. The van der Waals surface area contributed by atoms with Crippen LogP contribution in [0.1, 0.15) is 22.9 Å². The minimum absolute atomic E-state index is 0.116. The van der Waals surface area contributed by atoms with Gasteiger partial charge in [0.15, 0.2) is 0 Å². The minimum atomic E-state index is -3.52. The van der Waals surface area contributed by atoms with E-state index >= 15 is 0 Å². The van der Waals surface area contributed by atoms with Gasteiger partial charge in [0.25, 0.3) is 0 Å². The monoisotopic (exact) mass is 294 g/mol. The maximum Gasteiger partial charge on any atom is 0.243 e. The fraction of sp³-hybridized carbons (Fsp3) is 0.357. The van der Waals surface area contributed by atoms with Crippen molar-refractivity contribution in [2.75, 3.05) is 7.05 Å². The maximum absolute atomic E-state index is 12.4. The highest BCUT2D eigenvalue weighted by Gasteiger charge is 2.22. The molecule has 0 bridgehead atoms. The van der Waals surface area contributed by atoms with Gasteiger partial charge in [0, 0.05) is 7.05 Å². The normalized spacial score (nSPS) is 12.1. The van der Waals surface area contributed by atoms with E-state index in [1.807, 2.05) is 13.8 Å². The molecular weight excluding hydrogens is 276 g/mol. The first-order valence-electron chi connectivity index (χ1n) is 6.26. The Balaban J connectivity index is 2.23. The zero-order chi connectivity index (χ0) is 14.9. The van der Waals surface area contributed by atoms with Gasteiger partial charge >= 0.3 is 0 Å². The van der Waals surface area contributed by atoms with Crippen LogP contribution in [-0.2, 0) is 16.6 Å². The summed E-state index contributed by atoms with van der Waals surface area (Å²) in [5.41, 5.74) is 1.80. The SMILES string of the molecule is Cc1ccc(S(=O)(=O)N(C)Cc2nc(C)c(C)o2)cc1. The van der Waals surface area contributed by atoms with Crippen molar-refractivity contribution in [2.24, 2.45) is 0 Å². The number of oxazole rings is 1. The Bertz CT molecular complexity index is 683. The predicted octanol–water partition coefficient (Wildman–Crippen LogP) is 2.42. The second-order valence-corrected chi connectivity index (χ2v) is 6.87. The molecule has 0 unspecified atom stereocenters. The molecule has 20 heavy (non-hydrogen) atoms. The van der Waals surface area contributed by atoms with E-state index < -0.39 is 10.0 Å². The Morgan fingerprint density at radius 3 is 2.25 bits per heavy atom. The lowest BCUT2D eigenvalue weighted by molar-refractivity contribution is 0.387. The summed E-state index contributed by atoms with van der Waals surface area (Å²) in [7, 11) is -2.01. The molecule has 0 saturated carbocycles. The number of benzene rings is 1. The molecule has 0 aliphatic rings. The number of sulfonamides is 1. The van der Waals surface area contributed by atoms with Crippen LogP contribution in [0.4, 0.5) is 0 Å². The van der Waals surface area contributed by atoms with Crippen LogP contribution in [-0.4, -0.2) is 24.8 Å². The Hall–Kier alpha value is -1.66. The van der Waals surface area contributed by atoms with Crippen LogP contribution in [0.5, 0.6) is 0 Å². The van der Waals surface area contributed by atoms with Crippen LogP contribution in [0, 0.1) is 20.8 Å². The van der Waals surface area contributed by atoms with E-state index in [0.717, 1.165) is 11.3 Å². The molecule has 1 aromatic carbocycles. The highest BCUT2D eigenvalue weighted by atomic mass is 32.2. The standard InChI is InChI=1S/C14H18N2O3S/c1-10-5-7-13(8-6-10)20(17,18)16(4)9-14-15-11(2)12(3)19-14/h5-8H,9H2,1-4H3. The lowest BCUT2D eigenvalue weighted by atomic mass is 10.2. The van der Waals surface area contributed by atoms with Crippen molar-refractivity contribution < 1.29 is 12.8 Å². The molecule has 2 rings (SSSR count). The van der Waals surface area contributed by atoms with Crippen molar-refractivity contribution in [3.05, 3.63) is 47.2 Å². The van der Waals surface area contributed by atoms with Crippen molar-refractivity contribution in [1.29, 1.82) is 0 Å². The van der Waals surface area contributed by atoms with E-state index in [0.29, 0.717) is 11.7 Å². The zero-order valence-corrected chi connectivity index (χ0v) is 12.9. The average Bonchev–Trinajstić information content (AvgIpc) is 2.68. The summed E-state index contributed by atoms with van der Waals surface area (Å²) in [6.07, 6.45) is 0. The molecule has 0 aliphatic heterocycles. The van der Waals surface area contributed by atoms with Gasteiger partial charge in [0.05, 0.1) is 17.1 Å². The lowest BCUT2D eigenvalue weighted by Gasteiger charge is -2.15. The summed E-state index contributed by atoms with van der Waals surface area (Å²) in [4.78, 5) is 4.47. The number of aryl methyl sites for hydroxylation is 3. The predicted molar refractivity (Wildman–Crippen MR) is 75.8 cm³/mol. The molecule has 0 radical (unpaired) electrons. The van der Waals surface area contributed by atoms with E-state index in [-0.39, 0.29) is 11.4 Å². The summed E-state index contributed by atoms with van der Waals surface area (Å²) < 4.78 is 31.4. The van der Waals surface area contributed by atoms with Crippen LogP contribution in [0.3, 0.4) is 0 Å². The van der Waals surface area contributed by atoms with E-state index in [4.69, 9.17) is 4.42 Å². The van der Waals surface area contributed by atoms with Crippen molar-refractivity contribution in [3.63, 3.8) is 0 Å². The smallest absolute Gasteiger partial charge is 0.243 e. The average molecular weight is 294 g/mol. The lowest BCUT2D eigenvalue weighted by Crippen LogP contribution is -2.26. The summed E-state index contributed by atoms with van der Waals surface area (Å²) in [6, 6.07) is 6.76. The van der Waals surface area contributed by atoms with Crippen LogP contribution in [0.15, 0.2) is 33.6 Å². The molecule has 0 N–H and O–H groups in total. The first-order chi connectivity index (χ1) is 9.30. The Morgan fingerprint density at radius 1 is 1.15 bits per heavy atom. The molecular formula is C14H18N2O3S. The molecule has 6 heteroatoms. The molecule has 0 fully saturated rings. The van der Waals surface area contributed by atoms with Gasteiger partial charge in [0.1, 0.15) is 5.76 Å². The van der Waals surface area contributed by atoms with Crippen molar-refractivity contribution in [3.8, 4) is 0 Å². The molecule has 0 atom stereocenters. The number of hydrogen-bond donors (Lipinski definition) is 0. The fourth-order valence-corrected chi connectivity index (χ4v) is 2.89. The van der Waals surface area contributed by atoms with Gasteiger partial charge in [-0.2, -0.15) is 4.31 Å². The highest BCUT2D eigenvalue weighted by molar-refractivity contribution is 7.89. The highest BCUT2D eigenvalue weighted by Crippen LogP contribution is 2.18. The van der Waals surface area contributed by atoms with Gasteiger partial charge in [-0.1, -0.05) is 17.7 Å². The number of aromatic nitrogens is 1. The van der Waals surface area contributed by atoms with Crippen LogP contribution >= 0.6 is 0 Å². The van der Waals surface area contributed by atoms with Gasteiger partial charge in [0.2, 0.25) is 15.9 Å². The fourth-order valence-electron chi connectivity index (χ4n) is 1.77. The molecule has 0 saturated heterocycles. The van der Waals surface area contributed by atoms with Gasteiger partial charge in [-0.25, -0.2) is 13.4 Å². The van der Waals surface area contributed by atoms with E-state index in [2.05, 4.69) is 4.98 Å². The third-order valence-corrected chi connectivity index (χ3v) is 4.98. The molecule has 2 aromatic rings. The Morgan fingerprint density at radius 2 is 1.75 bits per heavy atom. The topological polar surface area (TPSA) is 63.4 Å². The van der Waals surface area contributed by atoms with Gasteiger partial charge in [-0.15, -0.1) is 0 Å². The van der Waals surface area contributed by atoms with Crippen molar-refractivity contribution in [2.45, 2.75) is 32.2 Å². The summed E-state index contributed by atoms with van der Waals surface area (Å²) in [5, 5.41) is 0. The number of rotatable bonds is 4. The molecule has 0 amide bonds. The first kappa shape index (κ1) is 14.7. The van der Waals surface area contributed by atoms with E-state index in [1.165, 1.54) is 11.4 Å². The molecule has 5 nitrogen and oxygen atoms in total. The molecule has 1 heterocycles. The van der Waals surface area contributed by atoms with Crippen molar-refractivity contribution >= 4 is 10.0 Å².